The van der Waals surface area contributed by atoms with Crippen LogP contribution in [0.3, 0.4) is 0 Å². The molecule has 0 aliphatic carbocycles. The van der Waals surface area contributed by atoms with Gasteiger partial charge >= 0.3 is 0 Å². The van der Waals surface area contributed by atoms with Crippen molar-refractivity contribution < 1.29 is 5.11 Å². The largest absolute Gasteiger partial charge is 0.508 e. The molecule has 106 valence electrons. The third-order valence-corrected chi connectivity index (χ3v) is 3.38. The molecular formula is C15H18ClN3O. The number of aromatic hydroxyl groups is 1. The van der Waals surface area contributed by atoms with Gasteiger partial charge in [0.1, 0.15) is 22.5 Å². The highest BCUT2D eigenvalue weighted by molar-refractivity contribution is 6.30. The molecule has 0 spiro atoms. The second-order valence-corrected chi connectivity index (χ2v) is 5.38. The van der Waals surface area contributed by atoms with E-state index in [2.05, 4.69) is 15.3 Å². The van der Waals surface area contributed by atoms with Crippen LogP contribution in [-0.2, 0) is 6.54 Å². The Bertz CT molecular complexity index is 597. The number of anilines is 1. The van der Waals surface area contributed by atoms with E-state index in [1.807, 2.05) is 32.9 Å². The Morgan fingerprint density at radius 1 is 1.20 bits per heavy atom. The average molecular weight is 292 g/mol. The van der Waals surface area contributed by atoms with Gasteiger partial charge in [-0.1, -0.05) is 37.6 Å². The Morgan fingerprint density at radius 2 is 1.85 bits per heavy atom. The lowest BCUT2D eigenvalue weighted by Gasteiger charge is -2.13. The molecule has 2 aromatic rings. The summed E-state index contributed by atoms with van der Waals surface area (Å²) < 4.78 is 0. The lowest BCUT2D eigenvalue weighted by molar-refractivity contribution is 0.475. The van der Waals surface area contributed by atoms with Gasteiger partial charge in [-0.15, -0.1) is 0 Å². The SMILES string of the molecule is Cc1c(Cl)nc(C(C)C)nc1NCc1ccc(O)cc1. The van der Waals surface area contributed by atoms with Crippen molar-refractivity contribution in [2.75, 3.05) is 5.32 Å². The summed E-state index contributed by atoms with van der Waals surface area (Å²) in [5.41, 5.74) is 1.90. The van der Waals surface area contributed by atoms with E-state index >= 15 is 0 Å². The molecule has 0 unspecified atom stereocenters. The predicted molar refractivity (Wildman–Crippen MR) is 81.3 cm³/mol. The molecule has 2 rings (SSSR count). The van der Waals surface area contributed by atoms with E-state index in [4.69, 9.17) is 11.6 Å². The number of aromatic nitrogens is 2. The van der Waals surface area contributed by atoms with Crippen molar-refractivity contribution in [3.63, 3.8) is 0 Å². The molecule has 0 saturated heterocycles. The molecule has 0 bridgehead atoms. The topological polar surface area (TPSA) is 58.0 Å². The van der Waals surface area contributed by atoms with Crippen molar-refractivity contribution >= 4 is 17.4 Å². The number of halogens is 1. The molecule has 0 saturated carbocycles. The molecule has 0 aliphatic rings. The summed E-state index contributed by atoms with van der Waals surface area (Å²) in [6, 6.07) is 7.06. The van der Waals surface area contributed by atoms with E-state index in [1.165, 1.54) is 0 Å². The number of phenolic OH excluding ortho intramolecular Hbond substituents is 1. The Labute approximate surface area is 123 Å². The predicted octanol–water partition coefficient (Wildman–Crippen LogP) is 3.88. The van der Waals surface area contributed by atoms with Crippen molar-refractivity contribution in [3.8, 4) is 5.75 Å². The first-order valence-corrected chi connectivity index (χ1v) is 6.91. The number of benzene rings is 1. The fourth-order valence-electron chi connectivity index (χ4n) is 1.74. The standard InChI is InChI=1S/C15H18ClN3O/c1-9(2)14-18-13(16)10(3)15(19-14)17-8-11-4-6-12(20)7-5-11/h4-7,9,20H,8H2,1-3H3,(H,17,18,19). The van der Waals surface area contributed by atoms with Crippen LogP contribution in [0.25, 0.3) is 0 Å². The van der Waals surface area contributed by atoms with Gasteiger partial charge in [-0.05, 0) is 24.6 Å². The summed E-state index contributed by atoms with van der Waals surface area (Å²) in [4.78, 5) is 8.79. The summed E-state index contributed by atoms with van der Waals surface area (Å²) in [5.74, 6) is 1.97. The van der Waals surface area contributed by atoms with Gasteiger partial charge in [0.15, 0.2) is 0 Å². The first-order valence-electron chi connectivity index (χ1n) is 6.53. The van der Waals surface area contributed by atoms with E-state index in [9.17, 15) is 5.11 Å². The highest BCUT2D eigenvalue weighted by Crippen LogP contribution is 2.23. The molecule has 5 heteroatoms. The Kier molecular flexibility index (Phi) is 4.45. The molecule has 20 heavy (non-hydrogen) atoms. The summed E-state index contributed by atoms with van der Waals surface area (Å²) in [6.07, 6.45) is 0. The van der Waals surface area contributed by atoms with Crippen molar-refractivity contribution in [2.24, 2.45) is 0 Å². The van der Waals surface area contributed by atoms with Gasteiger partial charge in [0.2, 0.25) is 0 Å². The molecule has 1 aromatic heterocycles. The summed E-state index contributed by atoms with van der Waals surface area (Å²) in [6.45, 7) is 6.58. The summed E-state index contributed by atoms with van der Waals surface area (Å²) in [7, 11) is 0. The van der Waals surface area contributed by atoms with Crippen LogP contribution in [0, 0.1) is 6.92 Å². The van der Waals surface area contributed by atoms with Crippen LogP contribution in [0.2, 0.25) is 5.15 Å². The van der Waals surface area contributed by atoms with E-state index < -0.39 is 0 Å². The Hall–Kier alpha value is -1.81. The second-order valence-electron chi connectivity index (χ2n) is 5.02. The zero-order chi connectivity index (χ0) is 14.7. The second kappa shape index (κ2) is 6.09. The van der Waals surface area contributed by atoms with Gasteiger partial charge in [-0.2, -0.15) is 0 Å². The number of hydrogen-bond donors (Lipinski definition) is 2. The van der Waals surface area contributed by atoms with Crippen molar-refractivity contribution in [3.05, 3.63) is 46.4 Å². The molecule has 0 amide bonds. The first kappa shape index (κ1) is 14.6. The highest BCUT2D eigenvalue weighted by atomic mass is 35.5. The fourth-order valence-corrected chi connectivity index (χ4v) is 1.91. The number of nitrogens with one attached hydrogen (secondary N) is 1. The van der Waals surface area contributed by atoms with Gasteiger partial charge in [0.25, 0.3) is 0 Å². The number of nitrogens with zero attached hydrogens (tertiary/aromatic N) is 2. The van der Waals surface area contributed by atoms with Gasteiger partial charge in [0.05, 0.1) is 0 Å². The summed E-state index contributed by atoms with van der Waals surface area (Å²) >= 11 is 6.14. The first-order chi connectivity index (χ1) is 9.47. The van der Waals surface area contributed by atoms with Crippen LogP contribution in [0.1, 0.15) is 36.7 Å². The fraction of sp³-hybridized carbons (Fsp3) is 0.333. The highest BCUT2D eigenvalue weighted by Gasteiger charge is 2.11. The smallest absolute Gasteiger partial charge is 0.137 e. The zero-order valence-electron chi connectivity index (χ0n) is 11.8. The molecule has 0 radical (unpaired) electrons. The summed E-state index contributed by atoms with van der Waals surface area (Å²) in [5, 5.41) is 13.0. The van der Waals surface area contributed by atoms with Crippen molar-refractivity contribution in [1.29, 1.82) is 0 Å². The average Bonchev–Trinajstić information content (AvgIpc) is 2.42. The molecule has 2 N–H and O–H groups in total. The van der Waals surface area contributed by atoms with Crippen LogP contribution in [0.4, 0.5) is 5.82 Å². The van der Waals surface area contributed by atoms with Gasteiger partial charge in [-0.25, -0.2) is 9.97 Å². The normalized spacial score (nSPS) is 10.8. The van der Waals surface area contributed by atoms with Crippen LogP contribution >= 0.6 is 11.6 Å². The molecule has 1 aromatic carbocycles. The maximum absolute atomic E-state index is 9.26. The number of phenols is 1. The molecule has 0 aliphatic heterocycles. The molecular weight excluding hydrogens is 274 g/mol. The minimum Gasteiger partial charge on any atom is -0.508 e. The van der Waals surface area contributed by atoms with Crippen LogP contribution in [0.15, 0.2) is 24.3 Å². The van der Waals surface area contributed by atoms with Crippen molar-refractivity contribution in [1.82, 2.24) is 9.97 Å². The van der Waals surface area contributed by atoms with Crippen LogP contribution in [-0.4, -0.2) is 15.1 Å². The monoisotopic (exact) mass is 291 g/mol. The van der Waals surface area contributed by atoms with Crippen molar-refractivity contribution in [2.45, 2.75) is 33.2 Å². The quantitative estimate of drug-likeness (QED) is 0.839. The minimum atomic E-state index is 0.224. The van der Waals surface area contributed by atoms with E-state index in [0.29, 0.717) is 11.7 Å². The molecule has 0 atom stereocenters. The maximum Gasteiger partial charge on any atom is 0.137 e. The van der Waals surface area contributed by atoms with E-state index in [1.54, 1.807) is 12.1 Å². The maximum atomic E-state index is 9.26. The van der Waals surface area contributed by atoms with Crippen LogP contribution < -0.4 is 5.32 Å². The lowest BCUT2D eigenvalue weighted by atomic mass is 10.2. The zero-order valence-corrected chi connectivity index (χ0v) is 12.6. The van der Waals surface area contributed by atoms with Gasteiger partial charge in [0, 0.05) is 18.0 Å². The molecule has 4 nitrogen and oxygen atoms in total. The molecule has 1 heterocycles. The van der Waals surface area contributed by atoms with Crippen LogP contribution in [0.5, 0.6) is 5.75 Å². The van der Waals surface area contributed by atoms with E-state index in [0.717, 1.165) is 22.8 Å². The molecule has 0 fully saturated rings. The van der Waals surface area contributed by atoms with E-state index in [-0.39, 0.29) is 11.7 Å². The Balaban J connectivity index is 2.18. The third kappa shape index (κ3) is 3.39. The van der Waals surface area contributed by atoms with Gasteiger partial charge in [-0.3, -0.25) is 0 Å². The number of rotatable bonds is 4. The number of hydrogen-bond acceptors (Lipinski definition) is 4. The Morgan fingerprint density at radius 3 is 2.45 bits per heavy atom. The lowest BCUT2D eigenvalue weighted by Crippen LogP contribution is -2.08. The van der Waals surface area contributed by atoms with Gasteiger partial charge < -0.3 is 10.4 Å². The third-order valence-electron chi connectivity index (χ3n) is 3.02. The minimum absolute atomic E-state index is 0.224.